The maximum Gasteiger partial charge on any atom is 0.319 e. The molecule has 4 aromatic rings. The van der Waals surface area contributed by atoms with E-state index in [1.165, 1.54) is 12.1 Å². The summed E-state index contributed by atoms with van der Waals surface area (Å²) in [6, 6.07) is 4.52. The van der Waals surface area contributed by atoms with E-state index in [1.54, 1.807) is 0 Å². The quantitative estimate of drug-likeness (QED) is 0.283. The van der Waals surface area contributed by atoms with Gasteiger partial charge in [0.15, 0.2) is 11.6 Å². The maximum absolute atomic E-state index is 17.0. The zero-order valence-electron chi connectivity index (χ0n) is 24.0. The number of fused-ring (bicyclic) bond motifs is 2. The van der Waals surface area contributed by atoms with Gasteiger partial charge in [-0.15, -0.1) is 11.3 Å². The smallest absolute Gasteiger partial charge is 0.319 e. The summed E-state index contributed by atoms with van der Waals surface area (Å²) in [4.78, 5) is 13.5. The fourth-order valence-electron chi connectivity index (χ4n) is 7.51. The van der Waals surface area contributed by atoms with Crippen LogP contribution in [0.2, 0.25) is 5.02 Å². The summed E-state index contributed by atoms with van der Waals surface area (Å²) >= 11 is 7.89. The highest BCUT2D eigenvalue weighted by atomic mass is 35.5. The van der Waals surface area contributed by atoms with Crippen LogP contribution < -0.4 is 20.1 Å². The number of nitriles is 1. The molecule has 0 amide bonds. The molecule has 4 aliphatic heterocycles. The van der Waals surface area contributed by atoms with E-state index in [-0.39, 0.29) is 78.7 Å². The van der Waals surface area contributed by atoms with E-state index in [0.29, 0.717) is 38.5 Å². The molecule has 0 radical (unpaired) electrons. The number of rotatable bonds is 5. The molecule has 4 aliphatic rings. The average molecular weight is 657 g/mol. The number of aromatic nitrogens is 2. The predicted molar refractivity (Wildman–Crippen MR) is 165 cm³/mol. The molecule has 3 atom stereocenters. The van der Waals surface area contributed by atoms with Crippen molar-refractivity contribution in [1.29, 1.82) is 5.26 Å². The van der Waals surface area contributed by atoms with Crippen LogP contribution in [-0.2, 0) is 4.74 Å². The summed E-state index contributed by atoms with van der Waals surface area (Å²) in [5, 5.41) is 10.4. The average Bonchev–Trinajstić information content (AvgIpc) is 3.78. The first-order valence-electron chi connectivity index (χ1n) is 14.9. The summed E-state index contributed by atoms with van der Waals surface area (Å²) in [6.07, 6.45) is 1.89. The van der Waals surface area contributed by atoms with Crippen molar-refractivity contribution in [1.82, 2.24) is 14.9 Å². The molecule has 6 heterocycles. The highest BCUT2D eigenvalue weighted by Gasteiger charge is 2.49. The minimum Gasteiger partial charge on any atom is -0.489 e. The van der Waals surface area contributed by atoms with E-state index in [1.807, 2.05) is 11.0 Å². The number of nitrogens with zero attached hydrogens (tertiary/aromatic N) is 5. The van der Waals surface area contributed by atoms with Gasteiger partial charge >= 0.3 is 6.01 Å². The molecule has 2 aromatic heterocycles. The van der Waals surface area contributed by atoms with E-state index >= 15 is 4.39 Å². The van der Waals surface area contributed by atoms with Gasteiger partial charge in [0.05, 0.1) is 45.4 Å². The van der Waals surface area contributed by atoms with Crippen LogP contribution in [0.25, 0.3) is 32.1 Å². The molecule has 45 heavy (non-hydrogen) atoms. The molecule has 0 unspecified atom stereocenters. The fourth-order valence-corrected chi connectivity index (χ4v) is 8.79. The lowest BCUT2D eigenvalue weighted by Gasteiger charge is -2.31. The molecular formula is C31H28ClF3N6O3S. The van der Waals surface area contributed by atoms with Gasteiger partial charge in [-0.05, 0) is 37.4 Å². The molecule has 0 spiro atoms. The Morgan fingerprint density at radius 2 is 2.09 bits per heavy atom. The minimum atomic E-state index is -0.937. The van der Waals surface area contributed by atoms with Crippen molar-refractivity contribution >= 4 is 54.7 Å². The minimum absolute atomic E-state index is 0.0368. The van der Waals surface area contributed by atoms with Crippen LogP contribution in [0.5, 0.6) is 11.8 Å². The zero-order chi connectivity index (χ0) is 31.0. The Bertz CT molecular complexity index is 1910. The second kappa shape index (κ2) is 10.8. The number of halogens is 4. The van der Waals surface area contributed by atoms with Crippen LogP contribution in [0.3, 0.4) is 0 Å². The number of hydrogen-bond acceptors (Lipinski definition) is 10. The Hall–Kier alpha value is -3.57. The maximum atomic E-state index is 17.0. The topological polar surface area (TPSA) is 110 Å². The Morgan fingerprint density at radius 3 is 2.89 bits per heavy atom. The van der Waals surface area contributed by atoms with Crippen molar-refractivity contribution in [3.8, 4) is 29.0 Å². The predicted octanol–water partition coefficient (Wildman–Crippen LogP) is 5.84. The Balaban J connectivity index is 1.34. The number of hydrogen-bond donors (Lipinski definition) is 1. The molecule has 8 rings (SSSR count). The van der Waals surface area contributed by atoms with Crippen molar-refractivity contribution in [3.63, 3.8) is 0 Å². The Morgan fingerprint density at radius 1 is 1.22 bits per heavy atom. The van der Waals surface area contributed by atoms with E-state index < -0.39 is 23.3 Å². The largest absolute Gasteiger partial charge is 0.489 e. The summed E-state index contributed by atoms with van der Waals surface area (Å²) in [5.41, 5.74) is 5.65. The van der Waals surface area contributed by atoms with Gasteiger partial charge in [-0.1, -0.05) is 17.7 Å². The number of alkyl halides is 1. The van der Waals surface area contributed by atoms with E-state index in [4.69, 9.17) is 36.5 Å². The highest BCUT2D eigenvalue weighted by Crippen LogP contribution is 2.51. The van der Waals surface area contributed by atoms with Gasteiger partial charge in [-0.3, -0.25) is 4.90 Å². The number of anilines is 2. The van der Waals surface area contributed by atoms with Crippen LogP contribution in [0.1, 0.15) is 31.2 Å². The van der Waals surface area contributed by atoms with E-state index in [2.05, 4.69) is 9.88 Å². The van der Waals surface area contributed by atoms with Crippen molar-refractivity contribution in [2.24, 2.45) is 0 Å². The molecule has 234 valence electrons. The molecule has 14 heteroatoms. The third-order valence-corrected chi connectivity index (χ3v) is 11.0. The highest BCUT2D eigenvalue weighted by molar-refractivity contribution is 7.23. The van der Waals surface area contributed by atoms with Crippen molar-refractivity contribution in [2.45, 2.75) is 43.4 Å². The molecule has 2 aromatic carbocycles. The number of ether oxygens (including phenoxy) is 3. The molecule has 0 saturated carbocycles. The molecule has 9 nitrogen and oxygen atoms in total. The third kappa shape index (κ3) is 4.40. The van der Waals surface area contributed by atoms with Crippen LogP contribution >= 0.6 is 22.9 Å². The lowest BCUT2D eigenvalue weighted by Crippen LogP contribution is -2.43. The first-order chi connectivity index (χ1) is 21.8. The van der Waals surface area contributed by atoms with Gasteiger partial charge in [-0.25, -0.2) is 13.2 Å². The van der Waals surface area contributed by atoms with Gasteiger partial charge in [-0.2, -0.15) is 15.2 Å². The third-order valence-electron chi connectivity index (χ3n) is 9.57. The molecule has 0 aliphatic carbocycles. The van der Waals surface area contributed by atoms with Crippen molar-refractivity contribution in [2.75, 3.05) is 56.7 Å². The summed E-state index contributed by atoms with van der Waals surface area (Å²) in [6.45, 7) is 3.00. The fraction of sp³-hybridized carbons (Fsp3) is 0.452. The van der Waals surface area contributed by atoms with Gasteiger partial charge in [0.25, 0.3) is 0 Å². The van der Waals surface area contributed by atoms with Gasteiger partial charge < -0.3 is 24.8 Å². The monoisotopic (exact) mass is 656 g/mol. The molecular weight excluding hydrogens is 629 g/mol. The van der Waals surface area contributed by atoms with E-state index in [0.717, 1.165) is 37.1 Å². The number of benzene rings is 2. The standard InChI is InChI=1S/C31H28ClF3N6O3S/c32-23-21(17-2-3-19(34)27-20(17)18(11-36)28(37)45-27)24(35)25-22-26(23)43-9-7-41(16-4-8-42-13-16)29(22)39-30(38-25)44-14-31-5-1-6-40(31)12-15(33)10-31/h2-3,15-16H,1,4-10,12-14,37H2/t15-,16+,31+/m1/s1. The Labute approximate surface area is 265 Å². The summed E-state index contributed by atoms with van der Waals surface area (Å²) in [5.74, 6) is -0.798. The molecule has 2 N–H and O–H groups in total. The number of nitrogens with two attached hydrogens (primary N) is 1. The van der Waals surface area contributed by atoms with Crippen LogP contribution in [0.4, 0.5) is 24.0 Å². The Kier molecular flexibility index (Phi) is 6.90. The summed E-state index contributed by atoms with van der Waals surface area (Å²) < 4.78 is 64.6. The number of thiophene rings is 1. The van der Waals surface area contributed by atoms with Gasteiger partial charge in [0.1, 0.15) is 47.6 Å². The summed E-state index contributed by atoms with van der Waals surface area (Å²) in [7, 11) is 0. The first-order valence-corrected chi connectivity index (χ1v) is 16.1. The van der Waals surface area contributed by atoms with Crippen LogP contribution in [0, 0.1) is 23.0 Å². The van der Waals surface area contributed by atoms with Crippen LogP contribution in [-0.4, -0.2) is 78.7 Å². The second-order valence-electron chi connectivity index (χ2n) is 12.1. The van der Waals surface area contributed by atoms with Crippen molar-refractivity contribution in [3.05, 3.63) is 34.4 Å². The second-order valence-corrected chi connectivity index (χ2v) is 13.5. The lowest BCUT2D eigenvalue weighted by atomic mass is 9.95. The molecule has 3 saturated heterocycles. The first kappa shape index (κ1) is 28.9. The van der Waals surface area contributed by atoms with Gasteiger partial charge in [0, 0.05) is 30.5 Å². The zero-order valence-corrected chi connectivity index (χ0v) is 25.6. The van der Waals surface area contributed by atoms with Crippen LogP contribution in [0.15, 0.2) is 12.1 Å². The number of nitrogen functional groups attached to an aromatic ring is 1. The van der Waals surface area contributed by atoms with Crippen molar-refractivity contribution < 1.29 is 27.4 Å². The lowest BCUT2D eigenvalue weighted by molar-refractivity contribution is 0.107. The van der Waals surface area contributed by atoms with Gasteiger partial charge in [0.2, 0.25) is 0 Å². The SMILES string of the molecule is N#Cc1c(N)sc2c(F)ccc(-c3c(Cl)c4c5c(nc(OC[C@@]67CCCN6C[C@H](F)C7)nc5c3F)N([C@H]3CCOC3)CCO4)c12. The molecule has 3 fully saturated rings. The normalized spacial score (nSPS) is 24.6. The van der Waals surface area contributed by atoms with E-state index in [9.17, 15) is 14.0 Å². The molecule has 0 bridgehead atoms.